The van der Waals surface area contributed by atoms with Gasteiger partial charge in [-0.2, -0.15) is 0 Å². The van der Waals surface area contributed by atoms with Crippen molar-refractivity contribution in [3.63, 3.8) is 0 Å². The lowest BCUT2D eigenvalue weighted by Gasteiger charge is -2.49. The van der Waals surface area contributed by atoms with E-state index in [1.54, 1.807) is 24.3 Å². The number of phenols is 1. The highest BCUT2D eigenvalue weighted by molar-refractivity contribution is 5.93. The molecule has 4 atom stereocenters. The summed E-state index contributed by atoms with van der Waals surface area (Å²) in [4.78, 5) is 15.3. The minimum Gasteiger partial charge on any atom is -0.508 e. The molecule has 3 aliphatic heterocycles. The zero-order valence-corrected chi connectivity index (χ0v) is 17.8. The molecule has 1 amide bonds. The molecule has 0 radical (unpaired) electrons. The molecule has 0 aliphatic carbocycles. The van der Waals surface area contributed by atoms with Crippen LogP contribution in [0.5, 0.6) is 11.5 Å². The molecule has 3 saturated heterocycles. The minimum absolute atomic E-state index is 0.0323. The second-order valence-corrected chi connectivity index (χ2v) is 8.61. The molecule has 8 nitrogen and oxygen atoms in total. The first-order valence-electron chi connectivity index (χ1n) is 11.0. The maximum atomic E-state index is 12.9. The molecular formula is C24H27N5O3. The SMILES string of the molecule is O=C(Nc1cccc(O)c1)[C@H]1CN2CC[C@@H]1C[C@@H]2Cn1cc(COc2ccccc2)nn1. The Balaban J connectivity index is 1.16. The number of aromatic hydroxyl groups is 1. The molecule has 32 heavy (non-hydrogen) atoms. The summed E-state index contributed by atoms with van der Waals surface area (Å²) >= 11 is 0. The highest BCUT2D eigenvalue weighted by Crippen LogP contribution is 2.37. The van der Waals surface area contributed by atoms with Crippen LogP contribution < -0.4 is 10.1 Å². The van der Waals surface area contributed by atoms with Crippen LogP contribution in [0.3, 0.4) is 0 Å². The highest BCUT2D eigenvalue weighted by Gasteiger charge is 2.43. The second kappa shape index (κ2) is 9.00. The summed E-state index contributed by atoms with van der Waals surface area (Å²) in [5.41, 5.74) is 1.43. The van der Waals surface area contributed by atoms with Crippen LogP contribution in [0.15, 0.2) is 60.8 Å². The molecule has 2 bridgehead atoms. The molecule has 0 saturated carbocycles. The lowest BCUT2D eigenvalue weighted by molar-refractivity contribution is -0.127. The molecule has 0 spiro atoms. The number of rotatable bonds is 7. The summed E-state index contributed by atoms with van der Waals surface area (Å²) in [6.07, 6.45) is 3.94. The summed E-state index contributed by atoms with van der Waals surface area (Å²) in [5, 5.41) is 21.1. The molecule has 1 aromatic heterocycles. The number of nitrogens with one attached hydrogen (secondary N) is 1. The number of fused-ring (bicyclic) bond motifs is 3. The van der Waals surface area contributed by atoms with E-state index < -0.39 is 0 Å². The fourth-order valence-corrected chi connectivity index (χ4v) is 4.83. The first kappa shape index (κ1) is 20.5. The number of anilines is 1. The number of nitrogens with zero attached hydrogens (tertiary/aromatic N) is 4. The van der Waals surface area contributed by atoms with E-state index in [0.29, 0.717) is 24.3 Å². The number of amides is 1. The first-order chi connectivity index (χ1) is 15.6. The molecule has 3 aromatic rings. The summed E-state index contributed by atoms with van der Waals surface area (Å²) in [7, 11) is 0. The van der Waals surface area contributed by atoms with E-state index >= 15 is 0 Å². The third-order valence-electron chi connectivity index (χ3n) is 6.44. The molecule has 3 fully saturated rings. The van der Waals surface area contributed by atoms with Gasteiger partial charge in [0.2, 0.25) is 5.91 Å². The van der Waals surface area contributed by atoms with Crippen molar-refractivity contribution in [1.82, 2.24) is 19.9 Å². The second-order valence-electron chi connectivity index (χ2n) is 8.61. The molecule has 8 heteroatoms. The van der Waals surface area contributed by atoms with Gasteiger partial charge in [-0.1, -0.05) is 29.5 Å². The van der Waals surface area contributed by atoms with Crippen molar-refractivity contribution in [3.8, 4) is 11.5 Å². The maximum Gasteiger partial charge on any atom is 0.229 e. The quantitative estimate of drug-likeness (QED) is 0.595. The van der Waals surface area contributed by atoms with Crippen LogP contribution in [-0.2, 0) is 17.9 Å². The van der Waals surface area contributed by atoms with Crippen molar-refractivity contribution in [2.75, 3.05) is 18.4 Å². The Kier molecular flexibility index (Phi) is 5.77. The van der Waals surface area contributed by atoms with Gasteiger partial charge in [0.05, 0.1) is 18.7 Å². The van der Waals surface area contributed by atoms with Gasteiger partial charge in [0.25, 0.3) is 0 Å². The summed E-state index contributed by atoms with van der Waals surface area (Å²) in [6.45, 7) is 2.90. The highest BCUT2D eigenvalue weighted by atomic mass is 16.5. The van der Waals surface area contributed by atoms with E-state index in [9.17, 15) is 9.90 Å². The van der Waals surface area contributed by atoms with Crippen molar-refractivity contribution in [2.45, 2.75) is 32.0 Å². The average Bonchev–Trinajstić information content (AvgIpc) is 3.26. The zero-order valence-electron chi connectivity index (χ0n) is 17.8. The van der Waals surface area contributed by atoms with E-state index in [-0.39, 0.29) is 17.6 Å². The van der Waals surface area contributed by atoms with Crippen LogP contribution in [-0.4, -0.2) is 50.0 Å². The van der Waals surface area contributed by atoms with E-state index in [2.05, 4.69) is 20.5 Å². The third kappa shape index (κ3) is 4.60. The predicted octanol–water partition coefficient (Wildman–Crippen LogP) is 2.91. The van der Waals surface area contributed by atoms with Crippen LogP contribution in [0.1, 0.15) is 18.5 Å². The van der Waals surface area contributed by atoms with Crippen molar-refractivity contribution in [2.24, 2.45) is 11.8 Å². The lowest BCUT2D eigenvalue weighted by Crippen LogP contribution is -2.57. The molecule has 4 heterocycles. The Morgan fingerprint density at radius 3 is 2.84 bits per heavy atom. The zero-order chi connectivity index (χ0) is 21.9. The number of carbonyl (C=O) groups excluding carboxylic acids is 1. The summed E-state index contributed by atoms with van der Waals surface area (Å²) in [5.74, 6) is 1.32. The predicted molar refractivity (Wildman–Crippen MR) is 119 cm³/mol. The largest absolute Gasteiger partial charge is 0.508 e. The molecule has 2 N–H and O–H groups in total. The van der Waals surface area contributed by atoms with Gasteiger partial charge in [-0.05, 0) is 49.6 Å². The Hall–Kier alpha value is -3.39. The van der Waals surface area contributed by atoms with Crippen molar-refractivity contribution in [1.29, 1.82) is 0 Å². The minimum atomic E-state index is -0.0343. The lowest BCUT2D eigenvalue weighted by atomic mass is 9.75. The summed E-state index contributed by atoms with van der Waals surface area (Å²) < 4.78 is 7.64. The van der Waals surface area contributed by atoms with Gasteiger partial charge in [0.15, 0.2) is 0 Å². The molecule has 6 rings (SSSR count). The number of phenolic OH excluding ortho intramolecular Hbond substituents is 1. The van der Waals surface area contributed by atoms with Gasteiger partial charge in [0.1, 0.15) is 23.8 Å². The fraction of sp³-hybridized carbons (Fsp3) is 0.375. The first-order valence-corrected chi connectivity index (χ1v) is 11.0. The van der Waals surface area contributed by atoms with Crippen LogP contribution in [0.4, 0.5) is 5.69 Å². The van der Waals surface area contributed by atoms with Gasteiger partial charge < -0.3 is 15.2 Å². The Morgan fingerprint density at radius 1 is 1.19 bits per heavy atom. The van der Waals surface area contributed by atoms with Gasteiger partial charge in [0, 0.05) is 24.3 Å². The number of ether oxygens (including phenoxy) is 1. The van der Waals surface area contributed by atoms with Crippen molar-refractivity contribution < 1.29 is 14.6 Å². The number of para-hydroxylation sites is 1. The van der Waals surface area contributed by atoms with E-state index in [0.717, 1.165) is 43.9 Å². The standard InChI is InChI=1S/C24H27N5O3/c30-21-6-4-5-18(12-21)25-24(31)23-15-28-10-9-17(23)11-20(28)14-29-13-19(26-27-29)16-32-22-7-2-1-3-8-22/h1-8,12-13,17,20,23,30H,9-11,14-16H2,(H,25,31)/t17-,20-,23+/m1/s1. The van der Waals surface area contributed by atoms with Gasteiger partial charge in [-0.15, -0.1) is 5.10 Å². The normalized spacial score (nSPS) is 24.2. The number of hydrogen-bond acceptors (Lipinski definition) is 6. The number of piperidine rings is 3. The Morgan fingerprint density at radius 2 is 2.06 bits per heavy atom. The molecule has 1 unspecified atom stereocenters. The Bertz CT molecular complexity index is 1070. The van der Waals surface area contributed by atoms with Crippen LogP contribution >= 0.6 is 0 Å². The van der Waals surface area contributed by atoms with Gasteiger partial charge in [-0.3, -0.25) is 14.4 Å². The topological polar surface area (TPSA) is 92.5 Å². The molecular weight excluding hydrogens is 406 g/mol. The maximum absolute atomic E-state index is 12.9. The van der Waals surface area contributed by atoms with Crippen LogP contribution in [0.2, 0.25) is 0 Å². The van der Waals surface area contributed by atoms with E-state index in [1.165, 1.54) is 0 Å². The fourth-order valence-electron chi connectivity index (χ4n) is 4.83. The Labute approximate surface area is 186 Å². The smallest absolute Gasteiger partial charge is 0.229 e. The van der Waals surface area contributed by atoms with E-state index in [1.807, 2.05) is 41.2 Å². The van der Waals surface area contributed by atoms with Gasteiger partial charge in [-0.25, -0.2) is 0 Å². The number of carbonyl (C=O) groups is 1. The molecule has 2 aromatic carbocycles. The molecule has 3 aliphatic rings. The molecule has 166 valence electrons. The van der Waals surface area contributed by atoms with Crippen LogP contribution in [0, 0.1) is 11.8 Å². The summed E-state index contributed by atoms with van der Waals surface area (Å²) in [6, 6.07) is 16.7. The van der Waals surface area contributed by atoms with Crippen molar-refractivity contribution >= 4 is 11.6 Å². The average molecular weight is 434 g/mol. The number of aromatic nitrogens is 3. The van der Waals surface area contributed by atoms with Crippen molar-refractivity contribution in [3.05, 3.63) is 66.5 Å². The third-order valence-corrected chi connectivity index (χ3v) is 6.44. The van der Waals surface area contributed by atoms with Gasteiger partial charge >= 0.3 is 0 Å². The monoisotopic (exact) mass is 433 g/mol. The number of benzene rings is 2. The number of hydrogen-bond donors (Lipinski definition) is 2. The van der Waals surface area contributed by atoms with E-state index in [4.69, 9.17) is 4.74 Å². The van der Waals surface area contributed by atoms with Crippen LogP contribution in [0.25, 0.3) is 0 Å².